The van der Waals surface area contributed by atoms with Gasteiger partial charge in [0.25, 0.3) is 0 Å². The maximum absolute atomic E-state index is 11.2. The third kappa shape index (κ3) is 9.52. The van der Waals surface area contributed by atoms with Gasteiger partial charge in [-0.25, -0.2) is 0 Å². The number of amides is 1. The predicted octanol–water partition coefficient (Wildman–Crippen LogP) is 1.81. The minimum atomic E-state index is 0.0547. The quantitative estimate of drug-likeness (QED) is 0.587. The van der Waals surface area contributed by atoms with E-state index in [1.807, 2.05) is 6.92 Å². The fraction of sp³-hybridized carbons (Fsp3) is 0.909. The summed E-state index contributed by atoms with van der Waals surface area (Å²) in [5.74, 6) is 0.138. The number of hydrogen-bond donors (Lipinski definition) is 2. The van der Waals surface area contributed by atoms with Crippen LogP contribution in [0.2, 0.25) is 0 Å². The van der Waals surface area contributed by atoms with Crippen LogP contribution in [0, 0.1) is 0 Å². The summed E-state index contributed by atoms with van der Waals surface area (Å²) in [4.78, 5) is 11.2. The first kappa shape index (κ1) is 13.4. The van der Waals surface area contributed by atoms with E-state index in [2.05, 4.69) is 12.2 Å². The van der Waals surface area contributed by atoms with Crippen LogP contribution in [-0.2, 0) is 4.79 Å². The molecule has 0 bridgehead atoms. The van der Waals surface area contributed by atoms with Crippen LogP contribution in [0.3, 0.4) is 0 Å². The van der Waals surface area contributed by atoms with Crippen LogP contribution in [0.15, 0.2) is 0 Å². The van der Waals surface area contributed by atoms with Crippen molar-refractivity contribution < 1.29 is 4.79 Å². The van der Waals surface area contributed by atoms with Gasteiger partial charge in [0.2, 0.25) is 5.91 Å². The third-order valence-electron chi connectivity index (χ3n) is 2.13. The van der Waals surface area contributed by atoms with Crippen LogP contribution in [0.5, 0.6) is 0 Å². The second kappa shape index (κ2) is 9.00. The fourth-order valence-electron chi connectivity index (χ4n) is 1.25. The lowest BCUT2D eigenvalue weighted by Gasteiger charge is -2.07. The van der Waals surface area contributed by atoms with Gasteiger partial charge in [0.05, 0.1) is 0 Å². The van der Waals surface area contributed by atoms with Crippen LogP contribution in [-0.4, -0.2) is 18.5 Å². The number of nitrogens with two attached hydrogens (primary N) is 1. The Morgan fingerprint density at radius 2 is 1.93 bits per heavy atom. The van der Waals surface area contributed by atoms with Gasteiger partial charge in [-0.05, 0) is 13.3 Å². The highest BCUT2D eigenvalue weighted by atomic mass is 16.1. The summed E-state index contributed by atoms with van der Waals surface area (Å²) in [6.07, 6.45) is 6.59. The molecule has 0 saturated heterocycles. The van der Waals surface area contributed by atoms with Gasteiger partial charge in [0, 0.05) is 19.0 Å². The minimum absolute atomic E-state index is 0.0547. The Balaban J connectivity index is 3.18. The average Bonchev–Trinajstić information content (AvgIpc) is 2.14. The van der Waals surface area contributed by atoms with E-state index in [1.54, 1.807) is 0 Å². The molecule has 0 saturated carbocycles. The SMILES string of the molecule is CCCCCCCC(=O)NCC(C)N. The third-order valence-corrected chi connectivity index (χ3v) is 2.13. The van der Waals surface area contributed by atoms with E-state index >= 15 is 0 Å². The molecule has 0 aromatic rings. The number of hydrogen-bond acceptors (Lipinski definition) is 2. The van der Waals surface area contributed by atoms with Crippen LogP contribution in [0.25, 0.3) is 0 Å². The molecule has 3 nitrogen and oxygen atoms in total. The zero-order chi connectivity index (χ0) is 10.8. The van der Waals surface area contributed by atoms with Crippen molar-refractivity contribution in [3.05, 3.63) is 0 Å². The monoisotopic (exact) mass is 200 g/mol. The molecule has 0 aromatic carbocycles. The zero-order valence-electron chi connectivity index (χ0n) is 9.51. The summed E-state index contributed by atoms with van der Waals surface area (Å²) in [5.41, 5.74) is 5.52. The highest BCUT2D eigenvalue weighted by Gasteiger charge is 2.01. The number of carbonyl (C=O) groups excluding carboxylic acids is 1. The van der Waals surface area contributed by atoms with Gasteiger partial charge in [-0.2, -0.15) is 0 Å². The molecule has 1 amide bonds. The molecule has 14 heavy (non-hydrogen) atoms. The maximum atomic E-state index is 11.2. The van der Waals surface area contributed by atoms with Crippen molar-refractivity contribution in [2.24, 2.45) is 5.73 Å². The molecule has 84 valence electrons. The molecule has 3 N–H and O–H groups in total. The molecule has 0 rings (SSSR count). The van der Waals surface area contributed by atoms with Crippen LogP contribution in [0.4, 0.5) is 0 Å². The Bertz CT molecular complexity index is 146. The second-order valence-electron chi connectivity index (χ2n) is 3.95. The van der Waals surface area contributed by atoms with E-state index in [-0.39, 0.29) is 11.9 Å². The smallest absolute Gasteiger partial charge is 0.220 e. The Morgan fingerprint density at radius 3 is 2.50 bits per heavy atom. The molecule has 0 aliphatic carbocycles. The van der Waals surface area contributed by atoms with Gasteiger partial charge in [0.1, 0.15) is 0 Å². The molecule has 0 spiro atoms. The van der Waals surface area contributed by atoms with Crippen LogP contribution in [0.1, 0.15) is 52.4 Å². The summed E-state index contributed by atoms with van der Waals surface area (Å²) in [5, 5.41) is 2.81. The summed E-state index contributed by atoms with van der Waals surface area (Å²) >= 11 is 0. The van der Waals surface area contributed by atoms with Crippen molar-refractivity contribution in [2.45, 2.75) is 58.4 Å². The van der Waals surface area contributed by atoms with Gasteiger partial charge in [-0.3, -0.25) is 4.79 Å². The van der Waals surface area contributed by atoms with Gasteiger partial charge in [-0.15, -0.1) is 0 Å². The standard InChI is InChI=1S/C11H24N2O/c1-3-4-5-6-7-8-11(14)13-9-10(2)12/h10H,3-9,12H2,1-2H3,(H,13,14). The highest BCUT2D eigenvalue weighted by Crippen LogP contribution is 2.04. The molecule has 0 radical (unpaired) electrons. The van der Waals surface area contributed by atoms with Crippen LogP contribution >= 0.6 is 0 Å². The Morgan fingerprint density at radius 1 is 1.29 bits per heavy atom. The van der Waals surface area contributed by atoms with Crippen LogP contribution < -0.4 is 11.1 Å². The topological polar surface area (TPSA) is 55.1 Å². The lowest BCUT2D eigenvalue weighted by molar-refractivity contribution is -0.121. The molecular formula is C11H24N2O. The lowest BCUT2D eigenvalue weighted by atomic mass is 10.1. The fourth-order valence-corrected chi connectivity index (χ4v) is 1.25. The Kier molecular flexibility index (Phi) is 8.64. The molecule has 0 aliphatic heterocycles. The molecule has 1 unspecified atom stereocenters. The number of rotatable bonds is 8. The first-order chi connectivity index (χ1) is 6.66. The van der Waals surface area contributed by atoms with E-state index in [0.717, 1.165) is 6.42 Å². The molecule has 0 heterocycles. The zero-order valence-corrected chi connectivity index (χ0v) is 9.51. The molecule has 1 atom stereocenters. The first-order valence-electron chi connectivity index (χ1n) is 5.69. The van der Waals surface area contributed by atoms with E-state index in [0.29, 0.717) is 13.0 Å². The van der Waals surface area contributed by atoms with Gasteiger partial charge in [-0.1, -0.05) is 32.6 Å². The molecule has 3 heteroatoms. The highest BCUT2D eigenvalue weighted by molar-refractivity contribution is 5.75. The first-order valence-corrected chi connectivity index (χ1v) is 5.69. The summed E-state index contributed by atoms with van der Waals surface area (Å²) < 4.78 is 0. The predicted molar refractivity (Wildman–Crippen MR) is 60.0 cm³/mol. The minimum Gasteiger partial charge on any atom is -0.355 e. The van der Waals surface area contributed by atoms with Crippen molar-refractivity contribution in [2.75, 3.05) is 6.54 Å². The largest absolute Gasteiger partial charge is 0.355 e. The van der Waals surface area contributed by atoms with Crippen molar-refractivity contribution >= 4 is 5.91 Å². The van der Waals surface area contributed by atoms with Gasteiger partial charge in [0.15, 0.2) is 0 Å². The lowest BCUT2D eigenvalue weighted by Crippen LogP contribution is -2.34. The van der Waals surface area contributed by atoms with Crippen molar-refractivity contribution in [1.82, 2.24) is 5.32 Å². The van der Waals surface area contributed by atoms with Crippen molar-refractivity contribution in [3.8, 4) is 0 Å². The summed E-state index contributed by atoms with van der Waals surface area (Å²) in [7, 11) is 0. The molecule has 0 aliphatic rings. The number of nitrogens with one attached hydrogen (secondary N) is 1. The average molecular weight is 200 g/mol. The van der Waals surface area contributed by atoms with Gasteiger partial charge < -0.3 is 11.1 Å². The summed E-state index contributed by atoms with van der Waals surface area (Å²) in [6, 6.07) is 0.0547. The van der Waals surface area contributed by atoms with E-state index in [1.165, 1.54) is 25.7 Å². The Labute approximate surface area is 87.4 Å². The van der Waals surface area contributed by atoms with Gasteiger partial charge >= 0.3 is 0 Å². The van der Waals surface area contributed by atoms with Crippen molar-refractivity contribution in [1.29, 1.82) is 0 Å². The Hall–Kier alpha value is -0.570. The molecule has 0 fully saturated rings. The van der Waals surface area contributed by atoms with E-state index in [4.69, 9.17) is 5.73 Å². The molecular weight excluding hydrogens is 176 g/mol. The summed E-state index contributed by atoms with van der Waals surface area (Å²) in [6.45, 7) is 4.67. The maximum Gasteiger partial charge on any atom is 0.220 e. The van der Waals surface area contributed by atoms with Crippen molar-refractivity contribution in [3.63, 3.8) is 0 Å². The van der Waals surface area contributed by atoms with E-state index < -0.39 is 0 Å². The second-order valence-corrected chi connectivity index (χ2v) is 3.95. The molecule has 0 aromatic heterocycles. The number of unbranched alkanes of at least 4 members (excludes halogenated alkanes) is 4. The normalized spacial score (nSPS) is 12.5. The van der Waals surface area contributed by atoms with E-state index in [9.17, 15) is 4.79 Å². The number of carbonyl (C=O) groups is 1.